The van der Waals surface area contributed by atoms with Crippen LogP contribution in [0.3, 0.4) is 0 Å². The molecule has 0 saturated carbocycles. The largest absolute Gasteiger partial charge is 0.490 e. The van der Waals surface area contributed by atoms with Crippen LogP contribution in [-0.2, 0) is 15.0 Å². The topological polar surface area (TPSA) is 76.1 Å². The van der Waals surface area contributed by atoms with Crippen LogP contribution in [0.1, 0.15) is 46.1 Å². The van der Waals surface area contributed by atoms with E-state index in [-0.39, 0.29) is 11.8 Å². The Morgan fingerprint density at radius 2 is 1.69 bits per heavy atom. The van der Waals surface area contributed by atoms with Crippen molar-refractivity contribution in [3.8, 4) is 11.5 Å². The molecule has 0 atom stereocenters. The smallest absolute Gasteiger partial charge is 0.306 e. The Kier molecular flexibility index (Phi) is 6.51. The first-order chi connectivity index (χ1) is 12.3. The van der Waals surface area contributed by atoms with E-state index in [0.717, 1.165) is 5.56 Å². The third-order valence-electron chi connectivity index (χ3n) is 4.93. The predicted octanol–water partition coefficient (Wildman–Crippen LogP) is 3.08. The molecule has 1 saturated heterocycles. The number of nitrogens with zero attached hydrogens (tertiary/aromatic N) is 1. The molecular weight excluding hydrogens is 334 g/mol. The summed E-state index contributed by atoms with van der Waals surface area (Å²) in [5.41, 5.74) is 0.127. The fourth-order valence-electron chi connectivity index (χ4n) is 3.29. The zero-order chi connectivity index (χ0) is 19.3. The Bertz CT molecular complexity index is 648. The fourth-order valence-corrected chi connectivity index (χ4v) is 3.29. The van der Waals surface area contributed by atoms with Gasteiger partial charge in [-0.2, -0.15) is 0 Å². The number of likely N-dealkylation sites (tertiary alicyclic amines) is 1. The molecule has 1 aliphatic rings. The average Bonchev–Trinajstić information content (AvgIpc) is 2.63. The van der Waals surface area contributed by atoms with Gasteiger partial charge in [0.25, 0.3) is 0 Å². The van der Waals surface area contributed by atoms with Crippen molar-refractivity contribution < 1.29 is 24.2 Å². The summed E-state index contributed by atoms with van der Waals surface area (Å²) < 4.78 is 11.3. The summed E-state index contributed by atoms with van der Waals surface area (Å²) >= 11 is 0. The minimum atomic E-state index is -0.774. The highest BCUT2D eigenvalue weighted by Gasteiger charge is 2.37. The van der Waals surface area contributed by atoms with Crippen molar-refractivity contribution in [3.05, 3.63) is 23.8 Å². The lowest BCUT2D eigenvalue weighted by Gasteiger charge is -2.36. The van der Waals surface area contributed by atoms with Crippen molar-refractivity contribution in [1.29, 1.82) is 0 Å². The molecule has 1 aromatic carbocycles. The summed E-state index contributed by atoms with van der Waals surface area (Å²) in [5.74, 6) is 0.190. The highest BCUT2D eigenvalue weighted by Crippen LogP contribution is 2.35. The van der Waals surface area contributed by atoms with Gasteiger partial charge >= 0.3 is 5.97 Å². The number of carbonyl (C=O) groups excluding carboxylic acids is 1. The van der Waals surface area contributed by atoms with Gasteiger partial charge in [0.2, 0.25) is 5.91 Å². The Balaban J connectivity index is 2.19. The van der Waals surface area contributed by atoms with Gasteiger partial charge in [-0.3, -0.25) is 9.59 Å². The number of carboxylic acids is 1. The molecule has 6 heteroatoms. The van der Waals surface area contributed by atoms with Crippen LogP contribution in [0.2, 0.25) is 0 Å². The number of hydrogen-bond acceptors (Lipinski definition) is 4. The molecule has 26 heavy (non-hydrogen) atoms. The summed E-state index contributed by atoms with van der Waals surface area (Å²) in [6.45, 7) is 9.63. The molecule has 1 heterocycles. The quantitative estimate of drug-likeness (QED) is 0.806. The maximum atomic E-state index is 13.1. The number of carbonyl (C=O) groups is 2. The van der Waals surface area contributed by atoms with Gasteiger partial charge in [0.05, 0.1) is 24.5 Å². The Morgan fingerprint density at radius 1 is 1.12 bits per heavy atom. The van der Waals surface area contributed by atoms with Gasteiger partial charge < -0.3 is 19.5 Å². The molecule has 0 aromatic heterocycles. The summed E-state index contributed by atoms with van der Waals surface area (Å²) in [5, 5.41) is 9.12. The van der Waals surface area contributed by atoms with Crippen molar-refractivity contribution in [2.75, 3.05) is 26.3 Å². The van der Waals surface area contributed by atoms with E-state index in [9.17, 15) is 9.59 Å². The van der Waals surface area contributed by atoms with Crippen molar-refractivity contribution in [2.45, 2.75) is 46.0 Å². The van der Waals surface area contributed by atoms with E-state index in [2.05, 4.69) is 0 Å². The first kappa shape index (κ1) is 20.1. The van der Waals surface area contributed by atoms with Crippen LogP contribution in [0.4, 0.5) is 0 Å². The molecule has 0 unspecified atom stereocenters. The van der Waals surface area contributed by atoms with Gasteiger partial charge in [0, 0.05) is 13.1 Å². The molecule has 0 bridgehead atoms. The number of piperidine rings is 1. The van der Waals surface area contributed by atoms with Gasteiger partial charge in [-0.1, -0.05) is 6.07 Å². The zero-order valence-electron chi connectivity index (χ0n) is 16.1. The van der Waals surface area contributed by atoms with Gasteiger partial charge in [0.1, 0.15) is 0 Å². The van der Waals surface area contributed by atoms with Crippen molar-refractivity contribution in [1.82, 2.24) is 4.90 Å². The lowest BCUT2D eigenvalue weighted by Crippen LogP contribution is -2.47. The maximum Gasteiger partial charge on any atom is 0.306 e. The van der Waals surface area contributed by atoms with Crippen molar-refractivity contribution in [3.63, 3.8) is 0 Å². The molecule has 2 rings (SSSR count). The molecule has 0 spiro atoms. The highest BCUT2D eigenvalue weighted by molar-refractivity contribution is 5.88. The third-order valence-corrected chi connectivity index (χ3v) is 4.93. The second kappa shape index (κ2) is 8.43. The van der Waals surface area contributed by atoms with Crippen LogP contribution in [0.25, 0.3) is 0 Å². The van der Waals surface area contributed by atoms with Crippen LogP contribution >= 0.6 is 0 Å². The number of benzene rings is 1. The summed E-state index contributed by atoms with van der Waals surface area (Å²) in [6, 6.07) is 5.61. The standard InChI is InChI=1S/C20H29NO5/c1-5-25-16-8-7-15(13-17(16)26-6-2)20(3,4)19(24)21-11-9-14(10-12-21)18(22)23/h7-8,13-14H,5-6,9-12H2,1-4H3,(H,22,23). The summed E-state index contributed by atoms with van der Waals surface area (Å²) in [4.78, 5) is 26.0. The molecule has 0 aliphatic carbocycles. The van der Waals surface area contributed by atoms with Crippen LogP contribution in [0.5, 0.6) is 11.5 Å². The van der Waals surface area contributed by atoms with Crippen LogP contribution < -0.4 is 9.47 Å². The second-order valence-electron chi connectivity index (χ2n) is 7.06. The average molecular weight is 363 g/mol. The molecule has 1 aromatic rings. The molecule has 1 amide bonds. The lowest BCUT2D eigenvalue weighted by molar-refractivity contribution is -0.147. The van der Waals surface area contributed by atoms with Crippen molar-refractivity contribution >= 4 is 11.9 Å². The van der Waals surface area contributed by atoms with Gasteiger partial charge in [-0.15, -0.1) is 0 Å². The fraction of sp³-hybridized carbons (Fsp3) is 0.600. The molecular formula is C20H29NO5. The minimum Gasteiger partial charge on any atom is -0.490 e. The van der Waals surface area contributed by atoms with E-state index in [1.54, 1.807) is 4.90 Å². The number of aliphatic carboxylic acids is 1. The Morgan fingerprint density at radius 3 is 2.23 bits per heavy atom. The van der Waals surface area contributed by atoms with Gasteiger partial charge in [-0.25, -0.2) is 0 Å². The van der Waals surface area contributed by atoms with E-state index in [0.29, 0.717) is 50.6 Å². The molecule has 0 radical (unpaired) electrons. The van der Waals surface area contributed by atoms with Crippen LogP contribution in [0, 0.1) is 5.92 Å². The monoisotopic (exact) mass is 363 g/mol. The zero-order valence-corrected chi connectivity index (χ0v) is 16.1. The Labute approximate surface area is 155 Å². The van der Waals surface area contributed by atoms with Crippen LogP contribution in [-0.4, -0.2) is 48.2 Å². The minimum absolute atomic E-state index is 0.00736. The molecule has 1 aliphatic heterocycles. The summed E-state index contributed by atoms with van der Waals surface area (Å²) in [6.07, 6.45) is 1.01. The van der Waals surface area contributed by atoms with Gasteiger partial charge in [0.15, 0.2) is 11.5 Å². The SMILES string of the molecule is CCOc1ccc(C(C)(C)C(=O)N2CCC(C(=O)O)CC2)cc1OCC. The normalized spacial score (nSPS) is 15.6. The number of carboxylic acid groups (broad SMARTS) is 1. The van der Waals surface area contributed by atoms with Crippen molar-refractivity contribution in [2.24, 2.45) is 5.92 Å². The van der Waals surface area contributed by atoms with E-state index in [4.69, 9.17) is 14.6 Å². The molecule has 1 fully saturated rings. The number of amides is 1. The van der Waals surface area contributed by atoms with Crippen LogP contribution in [0.15, 0.2) is 18.2 Å². The predicted molar refractivity (Wildman–Crippen MR) is 98.7 cm³/mol. The first-order valence-corrected chi connectivity index (χ1v) is 9.23. The number of rotatable bonds is 7. The lowest BCUT2D eigenvalue weighted by atomic mass is 9.82. The molecule has 144 valence electrons. The van der Waals surface area contributed by atoms with E-state index in [1.807, 2.05) is 45.9 Å². The van der Waals surface area contributed by atoms with E-state index < -0.39 is 11.4 Å². The highest BCUT2D eigenvalue weighted by atomic mass is 16.5. The van der Waals surface area contributed by atoms with E-state index >= 15 is 0 Å². The Hall–Kier alpha value is -2.24. The van der Waals surface area contributed by atoms with E-state index in [1.165, 1.54) is 0 Å². The summed E-state index contributed by atoms with van der Waals surface area (Å²) in [7, 11) is 0. The first-order valence-electron chi connectivity index (χ1n) is 9.23. The van der Waals surface area contributed by atoms with Gasteiger partial charge in [-0.05, 0) is 58.2 Å². The second-order valence-corrected chi connectivity index (χ2v) is 7.06. The third kappa shape index (κ3) is 4.29. The number of ether oxygens (including phenoxy) is 2. The maximum absolute atomic E-state index is 13.1. The number of hydrogen-bond donors (Lipinski definition) is 1. The molecule has 1 N–H and O–H groups in total. The molecule has 6 nitrogen and oxygen atoms in total.